The summed E-state index contributed by atoms with van der Waals surface area (Å²) in [4.78, 5) is 10.2. The van der Waals surface area contributed by atoms with Gasteiger partial charge in [-0.1, -0.05) is 6.92 Å². The second-order valence-corrected chi connectivity index (χ2v) is 3.39. The van der Waals surface area contributed by atoms with Crippen molar-refractivity contribution in [1.29, 1.82) is 0 Å². The first kappa shape index (κ1) is 16.1. The Balaban J connectivity index is 4.10. The molecule has 1 unspecified atom stereocenters. The molecule has 0 spiro atoms. The first-order valence-corrected chi connectivity index (χ1v) is 5.79. The molecule has 1 atom stereocenters. The average Bonchev–Trinajstić information content (AvgIpc) is 2.31. The van der Waals surface area contributed by atoms with Crippen LogP contribution >= 0.6 is 0 Å². The van der Waals surface area contributed by atoms with Gasteiger partial charge in [-0.25, -0.2) is 4.79 Å². The van der Waals surface area contributed by atoms with Crippen LogP contribution < -0.4 is 0 Å². The van der Waals surface area contributed by atoms with Gasteiger partial charge in [-0.05, 0) is 19.8 Å². The maximum absolute atomic E-state index is 10.2. The second kappa shape index (κ2) is 9.21. The largest absolute Gasteiger partial charge is 0.505 e. The first-order valence-electron chi connectivity index (χ1n) is 5.79. The zero-order chi connectivity index (χ0) is 13.1. The molecule has 0 aliphatic carbocycles. The Morgan fingerprint density at radius 2 is 1.94 bits per heavy atom. The molecule has 0 aliphatic rings. The van der Waals surface area contributed by atoms with E-state index in [4.69, 9.17) is 19.3 Å². The predicted octanol–water partition coefficient (Wildman–Crippen LogP) is 2.22. The van der Waals surface area contributed by atoms with Crippen LogP contribution in [0.4, 0.5) is 4.79 Å². The molecule has 0 rings (SSSR count). The van der Waals surface area contributed by atoms with Crippen molar-refractivity contribution in [3.8, 4) is 0 Å². The van der Waals surface area contributed by atoms with Crippen LogP contribution in [-0.2, 0) is 18.9 Å². The molecule has 0 aromatic heterocycles. The van der Waals surface area contributed by atoms with Crippen molar-refractivity contribution >= 4 is 6.16 Å². The number of ether oxygens (including phenoxy) is 4. The molecule has 0 radical (unpaired) electrons. The molecule has 0 bridgehead atoms. The quantitative estimate of drug-likeness (QED) is 0.364. The maximum Gasteiger partial charge on any atom is 0.505 e. The van der Waals surface area contributed by atoms with Gasteiger partial charge in [-0.3, -0.25) is 0 Å². The highest BCUT2D eigenvalue weighted by molar-refractivity contribution is 5.56. The molecule has 0 fully saturated rings. The van der Waals surface area contributed by atoms with Gasteiger partial charge in [0.15, 0.2) is 0 Å². The van der Waals surface area contributed by atoms with E-state index in [2.05, 4.69) is 4.74 Å². The third-order valence-corrected chi connectivity index (χ3v) is 2.05. The van der Waals surface area contributed by atoms with Crippen molar-refractivity contribution in [3.63, 3.8) is 0 Å². The average molecular weight is 250 g/mol. The number of carboxylic acid groups (broad SMARTS) is 1. The number of methoxy groups -OCH3 is 1. The number of hydrogen-bond donors (Lipinski definition) is 1. The van der Waals surface area contributed by atoms with Gasteiger partial charge >= 0.3 is 6.16 Å². The Bertz CT molecular complexity index is 208. The molecule has 0 aromatic carbocycles. The lowest BCUT2D eigenvalue weighted by molar-refractivity contribution is -0.373. The van der Waals surface area contributed by atoms with E-state index in [1.165, 1.54) is 7.11 Å². The van der Waals surface area contributed by atoms with E-state index < -0.39 is 12.1 Å². The fourth-order valence-corrected chi connectivity index (χ4v) is 1.33. The number of carbonyl (C=O) groups is 1. The van der Waals surface area contributed by atoms with E-state index in [1.54, 1.807) is 0 Å². The second-order valence-electron chi connectivity index (χ2n) is 3.39. The van der Waals surface area contributed by atoms with Crippen molar-refractivity contribution < 1.29 is 28.8 Å². The molecule has 6 nitrogen and oxygen atoms in total. The third kappa shape index (κ3) is 7.14. The summed E-state index contributed by atoms with van der Waals surface area (Å²) in [6.07, 6.45) is 0.470. The molecule has 0 saturated heterocycles. The van der Waals surface area contributed by atoms with Crippen molar-refractivity contribution in [2.75, 3.05) is 26.9 Å². The number of hydrogen-bond acceptors (Lipinski definition) is 5. The molecule has 1 N–H and O–H groups in total. The van der Waals surface area contributed by atoms with Crippen molar-refractivity contribution in [2.45, 2.75) is 39.1 Å². The minimum Gasteiger partial charge on any atom is -0.450 e. The molecule has 0 amide bonds. The van der Waals surface area contributed by atoms with E-state index in [9.17, 15) is 4.79 Å². The standard InChI is InChI=1S/C11H22O6/c1-4-8-17-11(14-3,16-5-2)7-6-9-15-10(12)13/h4-9H2,1-3H3,(H,12,13). The Hall–Kier alpha value is -0.850. The molecule has 0 heterocycles. The van der Waals surface area contributed by atoms with Gasteiger partial charge in [0.1, 0.15) is 0 Å². The highest BCUT2D eigenvalue weighted by Gasteiger charge is 2.31. The monoisotopic (exact) mass is 250 g/mol. The van der Waals surface area contributed by atoms with Gasteiger partial charge in [0.05, 0.1) is 13.2 Å². The topological polar surface area (TPSA) is 74.2 Å². The summed E-state index contributed by atoms with van der Waals surface area (Å²) in [6, 6.07) is 0. The summed E-state index contributed by atoms with van der Waals surface area (Å²) < 4.78 is 20.6. The Kier molecular flexibility index (Phi) is 8.75. The van der Waals surface area contributed by atoms with E-state index in [1.807, 2.05) is 13.8 Å². The van der Waals surface area contributed by atoms with Crippen molar-refractivity contribution in [3.05, 3.63) is 0 Å². The normalized spacial score (nSPS) is 14.3. The molecule has 102 valence electrons. The van der Waals surface area contributed by atoms with Crippen molar-refractivity contribution in [1.82, 2.24) is 0 Å². The van der Waals surface area contributed by atoms with Gasteiger partial charge in [-0.15, -0.1) is 0 Å². The van der Waals surface area contributed by atoms with Crippen LogP contribution in [-0.4, -0.2) is 44.2 Å². The summed E-state index contributed by atoms with van der Waals surface area (Å²) in [5.74, 6) is -1.09. The van der Waals surface area contributed by atoms with Gasteiger partial charge in [0.2, 0.25) is 0 Å². The third-order valence-electron chi connectivity index (χ3n) is 2.05. The number of rotatable bonds is 10. The highest BCUT2D eigenvalue weighted by atomic mass is 16.9. The minimum absolute atomic E-state index is 0.100. The Labute approximate surface area is 102 Å². The zero-order valence-electron chi connectivity index (χ0n) is 10.7. The van der Waals surface area contributed by atoms with Crippen LogP contribution in [0, 0.1) is 0 Å². The fraction of sp³-hybridized carbons (Fsp3) is 0.909. The summed E-state index contributed by atoms with van der Waals surface area (Å²) in [5.41, 5.74) is 0. The van der Waals surface area contributed by atoms with E-state index in [0.29, 0.717) is 26.1 Å². The van der Waals surface area contributed by atoms with E-state index in [-0.39, 0.29) is 6.61 Å². The smallest absolute Gasteiger partial charge is 0.450 e. The summed E-state index contributed by atoms with van der Waals surface area (Å²) in [7, 11) is 1.50. The Morgan fingerprint density at radius 3 is 2.41 bits per heavy atom. The maximum atomic E-state index is 10.2. The highest BCUT2D eigenvalue weighted by Crippen LogP contribution is 2.21. The summed E-state index contributed by atoms with van der Waals surface area (Å²) >= 11 is 0. The lowest BCUT2D eigenvalue weighted by Gasteiger charge is -2.31. The summed E-state index contributed by atoms with van der Waals surface area (Å²) in [6.45, 7) is 4.91. The van der Waals surface area contributed by atoms with E-state index >= 15 is 0 Å². The molecule has 6 heteroatoms. The first-order chi connectivity index (χ1) is 8.10. The van der Waals surface area contributed by atoms with Crippen LogP contribution in [0.25, 0.3) is 0 Å². The predicted molar refractivity (Wildman–Crippen MR) is 60.8 cm³/mol. The molecule has 0 aromatic rings. The van der Waals surface area contributed by atoms with Crippen LogP contribution in [0.2, 0.25) is 0 Å². The van der Waals surface area contributed by atoms with Crippen LogP contribution in [0.1, 0.15) is 33.1 Å². The van der Waals surface area contributed by atoms with Crippen LogP contribution in [0.15, 0.2) is 0 Å². The summed E-state index contributed by atoms with van der Waals surface area (Å²) in [5, 5.41) is 8.33. The minimum atomic E-state index is -1.28. The van der Waals surface area contributed by atoms with Crippen LogP contribution in [0.5, 0.6) is 0 Å². The Morgan fingerprint density at radius 1 is 1.24 bits per heavy atom. The van der Waals surface area contributed by atoms with Gasteiger partial charge in [0.25, 0.3) is 5.97 Å². The SMILES string of the molecule is CCCOC(CCCOC(=O)O)(OC)OCC. The van der Waals surface area contributed by atoms with E-state index in [0.717, 1.165) is 6.42 Å². The fourth-order valence-electron chi connectivity index (χ4n) is 1.33. The molecule has 0 aliphatic heterocycles. The molecule has 17 heavy (non-hydrogen) atoms. The molecule has 0 saturated carbocycles. The van der Waals surface area contributed by atoms with Gasteiger partial charge in [0, 0.05) is 20.1 Å². The lowest BCUT2D eigenvalue weighted by atomic mass is 10.3. The lowest BCUT2D eigenvalue weighted by Crippen LogP contribution is -2.39. The zero-order valence-corrected chi connectivity index (χ0v) is 10.7. The molecular formula is C11H22O6. The molecular weight excluding hydrogens is 228 g/mol. The van der Waals surface area contributed by atoms with Crippen molar-refractivity contribution in [2.24, 2.45) is 0 Å². The van der Waals surface area contributed by atoms with Crippen LogP contribution in [0.3, 0.4) is 0 Å². The van der Waals surface area contributed by atoms with Gasteiger partial charge in [-0.2, -0.15) is 0 Å². The van der Waals surface area contributed by atoms with Gasteiger partial charge < -0.3 is 24.1 Å².